The SMILES string of the molecule is CC(C)CNC(=O)CNc1ncc([N+](=O)[O-])cc1C#N. The van der Waals surface area contributed by atoms with Crippen molar-refractivity contribution in [3.05, 3.63) is 27.9 Å². The van der Waals surface area contributed by atoms with Crippen molar-refractivity contribution in [2.45, 2.75) is 13.8 Å². The molecule has 8 heteroatoms. The van der Waals surface area contributed by atoms with Crippen molar-refractivity contribution in [2.24, 2.45) is 5.92 Å². The van der Waals surface area contributed by atoms with Crippen LogP contribution in [0.5, 0.6) is 0 Å². The Morgan fingerprint density at radius 1 is 1.60 bits per heavy atom. The van der Waals surface area contributed by atoms with E-state index < -0.39 is 4.92 Å². The topological polar surface area (TPSA) is 121 Å². The molecule has 0 aliphatic rings. The van der Waals surface area contributed by atoms with Crippen LogP contribution in [0, 0.1) is 27.4 Å². The van der Waals surface area contributed by atoms with Crippen molar-refractivity contribution in [3.8, 4) is 6.07 Å². The molecule has 8 nitrogen and oxygen atoms in total. The maximum absolute atomic E-state index is 11.5. The monoisotopic (exact) mass is 277 g/mol. The van der Waals surface area contributed by atoms with E-state index in [-0.39, 0.29) is 29.5 Å². The molecule has 0 aromatic carbocycles. The van der Waals surface area contributed by atoms with Crippen molar-refractivity contribution >= 4 is 17.4 Å². The highest BCUT2D eigenvalue weighted by Gasteiger charge is 2.12. The summed E-state index contributed by atoms with van der Waals surface area (Å²) < 4.78 is 0. The number of nitro groups is 1. The fourth-order valence-electron chi connectivity index (χ4n) is 1.32. The van der Waals surface area contributed by atoms with Gasteiger partial charge >= 0.3 is 0 Å². The van der Waals surface area contributed by atoms with Gasteiger partial charge in [-0.25, -0.2) is 4.98 Å². The first kappa shape index (κ1) is 15.4. The van der Waals surface area contributed by atoms with E-state index in [1.54, 1.807) is 6.07 Å². The Morgan fingerprint density at radius 3 is 2.85 bits per heavy atom. The summed E-state index contributed by atoms with van der Waals surface area (Å²) >= 11 is 0. The van der Waals surface area contributed by atoms with Crippen LogP contribution in [-0.2, 0) is 4.79 Å². The quantitative estimate of drug-likeness (QED) is 0.592. The molecule has 0 radical (unpaired) electrons. The molecular formula is C12H15N5O3. The number of carbonyl (C=O) groups excluding carboxylic acids is 1. The first-order valence-electron chi connectivity index (χ1n) is 5.99. The molecule has 1 amide bonds. The molecule has 1 aromatic rings. The molecule has 1 heterocycles. The number of anilines is 1. The minimum Gasteiger partial charge on any atom is -0.360 e. The van der Waals surface area contributed by atoms with Gasteiger partial charge in [-0.05, 0) is 5.92 Å². The van der Waals surface area contributed by atoms with Crippen LogP contribution in [0.3, 0.4) is 0 Å². The molecule has 1 aromatic heterocycles. The number of pyridine rings is 1. The van der Waals surface area contributed by atoms with Gasteiger partial charge in [-0.1, -0.05) is 13.8 Å². The predicted molar refractivity (Wildman–Crippen MR) is 71.9 cm³/mol. The van der Waals surface area contributed by atoms with Gasteiger partial charge in [0.05, 0.1) is 11.5 Å². The Labute approximate surface area is 116 Å². The molecule has 0 spiro atoms. The van der Waals surface area contributed by atoms with E-state index in [0.717, 1.165) is 12.3 Å². The lowest BCUT2D eigenvalue weighted by Gasteiger charge is -2.09. The molecule has 106 valence electrons. The highest BCUT2D eigenvalue weighted by Crippen LogP contribution is 2.17. The van der Waals surface area contributed by atoms with E-state index in [1.807, 2.05) is 13.8 Å². The summed E-state index contributed by atoms with van der Waals surface area (Å²) in [4.78, 5) is 25.2. The molecule has 2 N–H and O–H groups in total. The highest BCUT2D eigenvalue weighted by atomic mass is 16.6. The summed E-state index contributed by atoms with van der Waals surface area (Å²) in [6, 6.07) is 2.92. The third-order valence-electron chi connectivity index (χ3n) is 2.33. The zero-order chi connectivity index (χ0) is 15.1. The van der Waals surface area contributed by atoms with Gasteiger partial charge < -0.3 is 10.6 Å². The minimum absolute atomic E-state index is 0.0239. The van der Waals surface area contributed by atoms with Crippen LogP contribution in [0.1, 0.15) is 19.4 Å². The highest BCUT2D eigenvalue weighted by molar-refractivity contribution is 5.80. The minimum atomic E-state index is -0.632. The lowest BCUT2D eigenvalue weighted by atomic mass is 10.2. The average molecular weight is 277 g/mol. The summed E-state index contributed by atoms with van der Waals surface area (Å²) in [5.74, 6) is 0.256. The van der Waals surface area contributed by atoms with Gasteiger partial charge in [0.2, 0.25) is 5.91 Å². The second kappa shape index (κ2) is 7.04. The summed E-state index contributed by atoms with van der Waals surface area (Å²) in [5.41, 5.74) is -0.243. The predicted octanol–water partition coefficient (Wildman–Crippen LogP) is 1.05. The van der Waals surface area contributed by atoms with Gasteiger partial charge in [-0.3, -0.25) is 14.9 Å². The zero-order valence-electron chi connectivity index (χ0n) is 11.2. The van der Waals surface area contributed by atoms with E-state index in [0.29, 0.717) is 12.5 Å². The van der Waals surface area contributed by atoms with Crippen molar-refractivity contribution < 1.29 is 9.72 Å². The molecule has 0 saturated carbocycles. The summed E-state index contributed by atoms with van der Waals surface area (Å²) in [5, 5.41) is 24.9. The van der Waals surface area contributed by atoms with E-state index in [2.05, 4.69) is 15.6 Å². The number of aromatic nitrogens is 1. The lowest BCUT2D eigenvalue weighted by molar-refractivity contribution is -0.385. The van der Waals surface area contributed by atoms with Crippen molar-refractivity contribution in [1.82, 2.24) is 10.3 Å². The number of nitriles is 1. The third-order valence-corrected chi connectivity index (χ3v) is 2.33. The number of nitrogens with one attached hydrogen (secondary N) is 2. The molecule has 0 aliphatic carbocycles. The molecule has 0 unspecified atom stereocenters. The Morgan fingerprint density at radius 2 is 2.30 bits per heavy atom. The largest absolute Gasteiger partial charge is 0.360 e. The van der Waals surface area contributed by atoms with Crippen LogP contribution in [0.4, 0.5) is 11.5 Å². The van der Waals surface area contributed by atoms with E-state index >= 15 is 0 Å². The summed E-state index contributed by atoms with van der Waals surface area (Å²) in [7, 11) is 0. The Hall–Kier alpha value is -2.69. The van der Waals surface area contributed by atoms with Crippen molar-refractivity contribution in [1.29, 1.82) is 5.26 Å². The number of rotatable bonds is 6. The molecule has 0 atom stereocenters. The number of carbonyl (C=O) groups is 1. The summed E-state index contributed by atoms with van der Waals surface area (Å²) in [6.07, 6.45) is 1.04. The van der Waals surface area contributed by atoms with Gasteiger partial charge in [0.1, 0.15) is 23.6 Å². The first-order chi connectivity index (χ1) is 9.43. The number of hydrogen-bond acceptors (Lipinski definition) is 6. The zero-order valence-corrected chi connectivity index (χ0v) is 11.2. The van der Waals surface area contributed by atoms with Gasteiger partial charge in [-0.15, -0.1) is 0 Å². The maximum Gasteiger partial charge on any atom is 0.289 e. The second-order valence-electron chi connectivity index (χ2n) is 4.51. The lowest BCUT2D eigenvalue weighted by Crippen LogP contribution is -2.32. The molecule has 0 bridgehead atoms. The Balaban J connectivity index is 2.67. The smallest absolute Gasteiger partial charge is 0.289 e. The normalized spacial score (nSPS) is 9.90. The van der Waals surface area contributed by atoms with Crippen LogP contribution in [0.2, 0.25) is 0 Å². The van der Waals surface area contributed by atoms with Crippen LogP contribution >= 0.6 is 0 Å². The number of amides is 1. The molecule has 0 saturated heterocycles. The van der Waals surface area contributed by atoms with Gasteiger partial charge in [-0.2, -0.15) is 5.26 Å². The fraction of sp³-hybridized carbons (Fsp3) is 0.417. The average Bonchev–Trinajstić information content (AvgIpc) is 2.42. The van der Waals surface area contributed by atoms with E-state index in [9.17, 15) is 14.9 Å². The standard InChI is InChI=1S/C12H15N5O3/c1-8(2)5-14-11(18)7-16-12-9(4-13)3-10(6-15-12)17(19)20/h3,6,8H,5,7H2,1-2H3,(H,14,18)(H,15,16). The Kier molecular flexibility index (Phi) is 5.41. The second-order valence-corrected chi connectivity index (χ2v) is 4.51. The van der Waals surface area contributed by atoms with E-state index in [1.165, 1.54) is 0 Å². The Bertz CT molecular complexity index is 551. The van der Waals surface area contributed by atoms with Gasteiger partial charge in [0.15, 0.2) is 0 Å². The molecule has 1 rings (SSSR count). The van der Waals surface area contributed by atoms with Crippen LogP contribution in [0.25, 0.3) is 0 Å². The van der Waals surface area contributed by atoms with Crippen LogP contribution in [-0.4, -0.2) is 28.9 Å². The van der Waals surface area contributed by atoms with Crippen molar-refractivity contribution in [2.75, 3.05) is 18.4 Å². The van der Waals surface area contributed by atoms with Gasteiger partial charge in [0, 0.05) is 12.6 Å². The van der Waals surface area contributed by atoms with Crippen LogP contribution < -0.4 is 10.6 Å². The van der Waals surface area contributed by atoms with Crippen molar-refractivity contribution in [3.63, 3.8) is 0 Å². The first-order valence-corrected chi connectivity index (χ1v) is 5.99. The summed E-state index contributed by atoms with van der Waals surface area (Å²) in [6.45, 7) is 4.45. The number of nitrogens with zero attached hydrogens (tertiary/aromatic N) is 3. The number of hydrogen-bond donors (Lipinski definition) is 2. The van der Waals surface area contributed by atoms with E-state index in [4.69, 9.17) is 5.26 Å². The molecule has 0 fully saturated rings. The maximum atomic E-state index is 11.5. The third kappa shape index (κ3) is 4.53. The molecule has 0 aliphatic heterocycles. The van der Waals surface area contributed by atoms with Crippen LogP contribution in [0.15, 0.2) is 12.3 Å². The molecular weight excluding hydrogens is 262 g/mol. The van der Waals surface area contributed by atoms with Gasteiger partial charge in [0.25, 0.3) is 5.69 Å². The molecule has 20 heavy (non-hydrogen) atoms. The fourth-order valence-corrected chi connectivity index (χ4v) is 1.32.